The molecule has 0 aliphatic rings. The van der Waals surface area contributed by atoms with Crippen LogP contribution in [0.3, 0.4) is 0 Å². The molecule has 0 unspecified atom stereocenters. The predicted octanol–water partition coefficient (Wildman–Crippen LogP) is 6.04. The highest BCUT2D eigenvalue weighted by molar-refractivity contribution is 6.35. The fourth-order valence-corrected chi connectivity index (χ4v) is 3.15. The van der Waals surface area contributed by atoms with E-state index in [0.29, 0.717) is 15.9 Å². The molecule has 0 saturated carbocycles. The Kier molecular flexibility index (Phi) is 5.57. The molecule has 5 heteroatoms. The minimum absolute atomic E-state index is 0.140. The normalized spacial score (nSPS) is 11.5. The molecule has 0 atom stereocenters. The van der Waals surface area contributed by atoms with Crippen molar-refractivity contribution in [1.29, 1.82) is 0 Å². The van der Waals surface area contributed by atoms with Crippen molar-refractivity contribution in [2.24, 2.45) is 0 Å². The number of imidazole rings is 1. The third kappa shape index (κ3) is 3.94. The number of hydrogen-bond acceptors (Lipinski definition) is 2. The lowest BCUT2D eigenvalue weighted by atomic mass is 10.2. The van der Waals surface area contributed by atoms with E-state index in [2.05, 4.69) is 11.9 Å². The fourth-order valence-electron chi connectivity index (χ4n) is 2.68. The van der Waals surface area contributed by atoms with E-state index in [-0.39, 0.29) is 5.78 Å². The molecule has 0 amide bonds. The number of benzene rings is 2. The number of nitrogens with zero attached hydrogens (tertiary/aromatic N) is 2. The van der Waals surface area contributed by atoms with Crippen LogP contribution in [0.1, 0.15) is 35.9 Å². The van der Waals surface area contributed by atoms with Crippen molar-refractivity contribution in [1.82, 2.24) is 9.55 Å². The molecule has 0 fully saturated rings. The number of ketones is 1. The van der Waals surface area contributed by atoms with E-state index < -0.39 is 0 Å². The number of allylic oxidation sites excluding steroid dienone is 1. The van der Waals surface area contributed by atoms with Crippen LogP contribution in [0.15, 0.2) is 48.5 Å². The van der Waals surface area contributed by atoms with Gasteiger partial charge in [0.2, 0.25) is 5.78 Å². The van der Waals surface area contributed by atoms with Gasteiger partial charge in [-0.1, -0.05) is 54.7 Å². The summed E-state index contributed by atoms with van der Waals surface area (Å²) in [5, 5.41) is 1.07. The van der Waals surface area contributed by atoms with E-state index in [1.54, 1.807) is 24.3 Å². The van der Waals surface area contributed by atoms with Crippen LogP contribution in [0.2, 0.25) is 10.0 Å². The summed E-state index contributed by atoms with van der Waals surface area (Å²) in [5.41, 5.74) is 2.56. The van der Waals surface area contributed by atoms with Crippen LogP contribution in [0.5, 0.6) is 0 Å². The second-order valence-electron chi connectivity index (χ2n) is 5.79. The number of aryl methyl sites for hydroxylation is 1. The first-order chi connectivity index (χ1) is 12.1. The Hall–Kier alpha value is -2.10. The summed E-state index contributed by atoms with van der Waals surface area (Å²) in [4.78, 5) is 17.2. The maximum atomic E-state index is 12.7. The van der Waals surface area contributed by atoms with Gasteiger partial charge in [0.25, 0.3) is 0 Å². The molecule has 25 heavy (non-hydrogen) atoms. The summed E-state index contributed by atoms with van der Waals surface area (Å²) < 4.78 is 2.00. The Bertz CT molecular complexity index is 944. The van der Waals surface area contributed by atoms with Crippen LogP contribution in [-0.2, 0) is 6.54 Å². The van der Waals surface area contributed by atoms with E-state index in [9.17, 15) is 4.79 Å². The van der Waals surface area contributed by atoms with Crippen molar-refractivity contribution in [3.05, 3.63) is 70.0 Å². The molecule has 1 aromatic heterocycles. The first-order valence-corrected chi connectivity index (χ1v) is 8.98. The summed E-state index contributed by atoms with van der Waals surface area (Å²) in [6.07, 6.45) is 5.26. The van der Waals surface area contributed by atoms with Crippen molar-refractivity contribution in [2.75, 3.05) is 0 Å². The summed E-state index contributed by atoms with van der Waals surface area (Å²) in [6.45, 7) is 2.90. The Morgan fingerprint density at radius 1 is 1.20 bits per heavy atom. The van der Waals surface area contributed by atoms with Gasteiger partial charge >= 0.3 is 0 Å². The van der Waals surface area contributed by atoms with Crippen molar-refractivity contribution in [3.63, 3.8) is 0 Å². The predicted molar refractivity (Wildman–Crippen MR) is 104 cm³/mol. The molecule has 0 aliphatic carbocycles. The molecular formula is C20H18Cl2N2O. The average Bonchev–Trinajstić information content (AvgIpc) is 2.97. The Balaban J connectivity index is 1.94. The molecule has 2 aromatic carbocycles. The Labute approximate surface area is 156 Å². The molecule has 0 bridgehead atoms. The summed E-state index contributed by atoms with van der Waals surface area (Å²) >= 11 is 12.1. The highest BCUT2D eigenvalue weighted by Gasteiger charge is 2.15. The molecule has 0 saturated heterocycles. The first-order valence-electron chi connectivity index (χ1n) is 8.23. The van der Waals surface area contributed by atoms with Gasteiger partial charge in [-0.25, -0.2) is 4.98 Å². The van der Waals surface area contributed by atoms with Gasteiger partial charge in [0.1, 0.15) is 0 Å². The smallest absolute Gasteiger partial charge is 0.221 e. The van der Waals surface area contributed by atoms with Crippen LogP contribution in [0, 0.1) is 0 Å². The van der Waals surface area contributed by atoms with Crippen molar-refractivity contribution in [3.8, 4) is 0 Å². The van der Waals surface area contributed by atoms with E-state index in [1.807, 2.05) is 28.8 Å². The number of fused-ring (bicyclic) bond motifs is 1. The molecule has 1 heterocycles. The van der Waals surface area contributed by atoms with E-state index in [4.69, 9.17) is 23.2 Å². The Morgan fingerprint density at radius 3 is 2.76 bits per heavy atom. The van der Waals surface area contributed by atoms with E-state index in [0.717, 1.165) is 36.0 Å². The molecular weight excluding hydrogens is 355 g/mol. The number of carbonyl (C=O) groups excluding carboxylic acids is 1. The fraction of sp³-hybridized carbons (Fsp3) is 0.200. The minimum Gasteiger partial charge on any atom is -0.321 e. The largest absolute Gasteiger partial charge is 0.321 e. The van der Waals surface area contributed by atoms with Gasteiger partial charge in [0.15, 0.2) is 5.82 Å². The third-order valence-electron chi connectivity index (χ3n) is 3.99. The highest BCUT2D eigenvalue weighted by atomic mass is 35.5. The number of hydrogen-bond donors (Lipinski definition) is 0. The molecule has 0 N–H and O–H groups in total. The molecule has 3 nitrogen and oxygen atoms in total. The number of rotatable bonds is 6. The van der Waals surface area contributed by atoms with Gasteiger partial charge in [-0.3, -0.25) is 4.79 Å². The molecule has 0 aliphatic heterocycles. The molecule has 3 rings (SSSR count). The maximum absolute atomic E-state index is 12.7. The summed E-state index contributed by atoms with van der Waals surface area (Å²) in [5.74, 6) is 0.314. The summed E-state index contributed by atoms with van der Waals surface area (Å²) in [7, 11) is 0. The van der Waals surface area contributed by atoms with Crippen LogP contribution in [0.4, 0.5) is 0 Å². The lowest BCUT2D eigenvalue weighted by molar-refractivity contribution is 0.103. The second kappa shape index (κ2) is 7.85. The SMILES string of the molecule is CCCCn1c(C(=O)/C=C/c2ccc(Cl)cc2Cl)nc2ccccc21. The van der Waals surface area contributed by atoms with Crippen molar-refractivity contribution < 1.29 is 4.79 Å². The first kappa shape index (κ1) is 17.7. The number of unbranched alkanes of at least 4 members (excludes halogenated alkanes) is 1. The quantitative estimate of drug-likeness (QED) is 0.390. The summed E-state index contributed by atoms with van der Waals surface area (Å²) in [6, 6.07) is 13.0. The van der Waals surface area contributed by atoms with Gasteiger partial charge in [0.05, 0.1) is 11.0 Å². The highest BCUT2D eigenvalue weighted by Crippen LogP contribution is 2.23. The van der Waals surface area contributed by atoms with Gasteiger partial charge < -0.3 is 4.57 Å². The number of aromatic nitrogens is 2. The maximum Gasteiger partial charge on any atom is 0.221 e. The lowest BCUT2D eigenvalue weighted by Crippen LogP contribution is -2.08. The van der Waals surface area contributed by atoms with E-state index in [1.165, 1.54) is 6.08 Å². The van der Waals surface area contributed by atoms with Crippen molar-refractivity contribution >= 4 is 46.1 Å². The zero-order valence-electron chi connectivity index (χ0n) is 13.9. The third-order valence-corrected chi connectivity index (χ3v) is 4.55. The molecule has 128 valence electrons. The van der Waals surface area contributed by atoms with Gasteiger partial charge in [-0.15, -0.1) is 0 Å². The van der Waals surface area contributed by atoms with Crippen molar-refractivity contribution in [2.45, 2.75) is 26.3 Å². The number of para-hydroxylation sites is 2. The number of halogens is 2. The number of carbonyl (C=O) groups is 1. The van der Waals surface area contributed by atoms with Gasteiger partial charge in [0, 0.05) is 16.6 Å². The van der Waals surface area contributed by atoms with E-state index >= 15 is 0 Å². The lowest BCUT2D eigenvalue weighted by Gasteiger charge is -2.06. The molecule has 0 radical (unpaired) electrons. The zero-order chi connectivity index (χ0) is 17.8. The van der Waals surface area contributed by atoms with Crippen LogP contribution in [-0.4, -0.2) is 15.3 Å². The molecule has 3 aromatic rings. The van der Waals surface area contributed by atoms with Gasteiger partial charge in [-0.05, 0) is 48.4 Å². The monoisotopic (exact) mass is 372 g/mol. The van der Waals surface area contributed by atoms with Crippen LogP contribution >= 0.6 is 23.2 Å². The standard InChI is InChI=1S/C20H18Cl2N2O/c1-2-3-12-24-18-7-5-4-6-17(18)23-20(24)19(25)11-9-14-8-10-15(21)13-16(14)22/h4-11,13H,2-3,12H2,1H3/b11-9+. The molecule has 0 spiro atoms. The topological polar surface area (TPSA) is 34.9 Å². The van der Waals surface area contributed by atoms with Gasteiger partial charge in [-0.2, -0.15) is 0 Å². The average molecular weight is 373 g/mol. The Morgan fingerprint density at radius 2 is 2.00 bits per heavy atom. The zero-order valence-corrected chi connectivity index (χ0v) is 15.4. The minimum atomic E-state index is -0.140. The second-order valence-corrected chi connectivity index (χ2v) is 6.64. The van der Waals surface area contributed by atoms with Crippen LogP contribution in [0.25, 0.3) is 17.1 Å². The van der Waals surface area contributed by atoms with Crippen LogP contribution < -0.4 is 0 Å².